The number of thioether (sulfide) groups is 1. The largest absolute Gasteiger partial charge is 0.493 e. The van der Waals surface area contributed by atoms with E-state index in [9.17, 15) is 0 Å². The van der Waals surface area contributed by atoms with Gasteiger partial charge in [0.1, 0.15) is 5.75 Å². The van der Waals surface area contributed by atoms with Crippen LogP contribution in [0.1, 0.15) is 56.9 Å². The van der Waals surface area contributed by atoms with Crippen LogP contribution in [0.15, 0.2) is 61.2 Å². The summed E-state index contributed by atoms with van der Waals surface area (Å²) in [6.07, 6.45) is 12.6. The number of unbranched alkanes of at least 4 members (excludes halogenated alkanes) is 7. The third-order valence-electron chi connectivity index (χ3n) is 4.89. The van der Waals surface area contributed by atoms with Crippen molar-refractivity contribution in [2.75, 3.05) is 18.1 Å². The fraction of sp³-hybridized carbons (Fsp3) is 0.423. The van der Waals surface area contributed by atoms with Crippen molar-refractivity contribution in [2.24, 2.45) is 0 Å². The maximum atomic E-state index is 8.88. The molecule has 3 heteroatoms. The Morgan fingerprint density at radius 3 is 2.00 bits per heavy atom. The van der Waals surface area contributed by atoms with Crippen LogP contribution in [0.4, 0.5) is 0 Å². The smallest absolute Gasteiger partial charge is 0.119 e. The van der Waals surface area contributed by atoms with Crippen LogP contribution < -0.4 is 4.74 Å². The zero-order chi connectivity index (χ0) is 20.6. The lowest BCUT2D eigenvalue weighted by atomic mass is 10.0. The molecule has 29 heavy (non-hydrogen) atoms. The van der Waals surface area contributed by atoms with Crippen LogP contribution in [0.2, 0.25) is 0 Å². The lowest BCUT2D eigenvalue weighted by molar-refractivity contribution is 0.344. The summed E-state index contributed by atoms with van der Waals surface area (Å²) >= 11 is 1.99. The van der Waals surface area contributed by atoms with Crippen molar-refractivity contribution in [2.45, 2.75) is 51.4 Å². The summed E-state index contributed by atoms with van der Waals surface area (Å²) in [4.78, 5) is 0. The lowest BCUT2D eigenvalue weighted by Gasteiger charge is -2.08. The number of ether oxygens (including phenoxy) is 1. The Bertz CT molecular complexity index is 731. The average molecular weight is 408 g/mol. The lowest BCUT2D eigenvalue weighted by Crippen LogP contribution is -2.00. The van der Waals surface area contributed by atoms with Crippen LogP contribution in [0, 0.1) is 11.3 Å². The number of rotatable bonds is 15. The van der Waals surface area contributed by atoms with Gasteiger partial charge in [0, 0.05) is 5.75 Å². The van der Waals surface area contributed by atoms with E-state index in [1.54, 1.807) is 0 Å². The van der Waals surface area contributed by atoms with Gasteiger partial charge >= 0.3 is 0 Å². The van der Waals surface area contributed by atoms with Crippen molar-refractivity contribution in [3.05, 3.63) is 66.7 Å². The zero-order valence-electron chi connectivity index (χ0n) is 17.4. The van der Waals surface area contributed by atoms with Crippen LogP contribution in [0.5, 0.6) is 5.75 Å². The molecule has 0 amide bonds. The molecule has 0 saturated carbocycles. The molecular formula is C26H33NOS. The van der Waals surface area contributed by atoms with E-state index < -0.39 is 0 Å². The van der Waals surface area contributed by atoms with E-state index in [2.05, 4.69) is 24.8 Å². The number of hydrogen-bond acceptors (Lipinski definition) is 3. The topological polar surface area (TPSA) is 33.0 Å². The second-order valence-corrected chi connectivity index (χ2v) is 8.45. The van der Waals surface area contributed by atoms with Crippen molar-refractivity contribution in [1.82, 2.24) is 0 Å². The summed E-state index contributed by atoms with van der Waals surface area (Å²) in [7, 11) is 0. The third kappa shape index (κ3) is 9.72. The average Bonchev–Trinajstić information content (AvgIpc) is 2.77. The molecule has 0 bridgehead atoms. The van der Waals surface area contributed by atoms with Crippen LogP contribution in [0.25, 0.3) is 11.1 Å². The molecule has 0 N–H and O–H groups in total. The van der Waals surface area contributed by atoms with Crippen LogP contribution in [-0.2, 0) is 0 Å². The van der Waals surface area contributed by atoms with E-state index in [1.807, 2.05) is 54.2 Å². The summed E-state index contributed by atoms with van der Waals surface area (Å²) in [6.45, 7) is 4.52. The Morgan fingerprint density at radius 1 is 0.793 bits per heavy atom. The summed E-state index contributed by atoms with van der Waals surface area (Å²) in [5.41, 5.74) is 2.94. The first kappa shape index (κ1) is 23.1. The number of hydrogen-bond donors (Lipinski definition) is 0. The number of nitrogens with zero attached hydrogens (tertiary/aromatic N) is 1. The maximum absolute atomic E-state index is 8.88. The first-order chi connectivity index (χ1) is 14.3. The minimum Gasteiger partial charge on any atom is -0.493 e. The highest BCUT2D eigenvalue weighted by molar-refractivity contribution is 7.99. The predicted octanol–water partition coefficient (Wildman–Crippen LogP) is 7.64. The van der Waals surface area contributed by atoms with Crippen LogP contribution >= 0.6 is 11.8 Å². The molecule has 2 nitrogen and oxygen atoms in total. The van der Waals surface area contributed by atoms with Gasteiger partial charge in [-0.2, -0.15) is 17.0 Å². The van der Waals surface area contributed by atoms with E-state index in [1.165, 1.54) is 57.1 Å². The van der Waals surface area contributed by atoms with Gasteiger partial charge in [-0.3, -0.25) is 0 Å². The molecule has 2 rings (SSSR count). The van der Waals surface area contributed by atoms with Crippen molar-refractivity contribution >= 4 is 11.8 Å². The van der Waals surface area contributed by atoms with Crippen LogP contribution in [-0.4, -0.2) is 18.1 Å². The molecular weight excluding hydrogens is 374 g/mol. The molecule has 0 spiro atoms. The Hall–Kier alpha value is -2.18. The van der Waals surface area contributed by atoms with Crippen molar-refractivity contribution in [3.63, 3.8) is 0 Å². The second-order valence-electron chi connectivity index (χ2n) is 7.23. The normalized spacial score (nSPS) is 10.4. The standard InChI is InChI=1S/C26H33NOS/c1-2-3-4-5-6-7-8-9-10-20-29-21-19-28-26-17-15-25(16-18-26)24-13-11-23(22-27)12-14-24/h2,11-18H,1,3-10,19-21H2. The van der Waals surface area contributed by atoms with E-state index >= 15 is 0 Å². The number of benzene rings is 2. The number of allylic oxidation sites excluding steroid dienone is 1. The van der Waals surface area contributed by atoms with E-state index in [0.717, 1.165) is 29.2 Å². The third-order valence-corrected chi connectivity index (χ3v) is 5.93. The molecule has 0 heterocycles. The van der Waals surface area contributed by atoms with Gasteiger partial charge in [-0.05, 0) is 60.4 Å². The Labute approximate surface area is 181 Å². The number of nitriles is 1. The Balaban J connectivity index is 1.50. The van der Waals surface area contributed by atoms with Crippen molar-refractivity contribution < 1.29 is 4.74 Å². The van der Waals surface area contributed by atoms with Gasteiger partial charge in [-0.15, -0.1) is 6.58 Å². The van der Waals surface area contributed by atoms with Gasteiger partial charge in [0.25, 0.3) is 0 Å². The van der Waals surface area contributed by atoms with Crippen molar-refractivity contribution in [1.29, 1.82) is 5.26 Å². The predicted molar refractivity (Wildman–Crippen MR) is 127 cm³/mol. The molecule has 0 aliphatic carbocycles. The van der Waals surface area contributed by atoms with E-state index in [-0.39, 0.29) is 0 Å². The summed E-state index contributed by atoms with van der Waals surface area (Å²) < 4.78 is 5.85. The highest BCUT2D eigenvalue weighted by Gasteiger charge is 2.00. The summed E-state index contributed by atoms with van der Waals surface area (Å²) in [5, 5.41) is 8.88. The molecule has 0 saturated heterocycles. The quantitative estimate of drug-likeness (QED) is 0.224. The molecule has 0 fully saturated rings. The highest BCUT2D eigenvalue weighted by Crippen LogP contribution is 2.23. The van der Waals surface area contributed by atoms with Gasteiger partial charge in [-0.1, -0.05) is 62.4 Å². The van der Waals surface area contributed by atoms with E-state index in [0.29, 0.717) is 5.56 Å². The molecule has 2 aromatic carbocycles. The molecule has 0 aromatic heterocycles. The molecule has 0 unspecified atom stereocenters. The summed E-state index contributed by atoms with van der Waals surface area (Å²) in [6, 6.07) is 18.0. The SMILES string of the molecule is C=CCCCCCCCCCSCCOc1ccc(-c2ccc(C#N)cc2)cc1. The second kappa shape index (κ2) is 14.8. The molecule has 0 aliphatic rings. The van der Waals surface area contributed by atoms with Gasteiger partial charge in [0.2, 0.25) is 0 Å². The molecule has 2 aromatic rings. The van der Waals surface area contributed by atoms with E-state index in [4.69, 9.17) is 10.00 Å². The fourth-order valence-electron chi connectivity index (χ4n) is 3.18. The highest BCUT2D eigenvalue weighted by atomic mass is 32.2. The maximum Gasteiger partial charge on any atom is 0.119 e. The Kier molecular flexibility index (Phi) is 11.8. The summed E-state index contributed by atoms with van der Waals surface area (Å²) in [5.74, 6) is 3.19. The molecule has 0 atom stereocenters. The molecule has 0 radical (unpaired) electrons. The fourth-order valence-corrected chi connectivity index (χ4v) is 3.99. The minimum absolute atomic E-state index is 0.686. The van der Waals surface area contributed by atoms with Gasteiger partial charge < -0.3 is 4.74 Å². The minimum atomic E-state index is 0.686. The Morgan fingerprint density at radius 2 is 1.38 bits per heavy atom. The molecule has 154 valence electrons. The van der Waals surface area contributed by atoms with Gasteiger partial charge in [0.15, 0.2) is 0 Å². The van der Waals surface area contributed by atoms with Gasteiger partial charge in [0.05, 0.1) is 18.2 Å². The molecule has 0 aliphatic heterocycles. The zero-order valence-corrected chi connectivity index (χ0v) is 18.3. The first-order valence-corrected chi connectivity index (χ1v) is 11.9. The monoisotopic (exact) mass is 407 g/mol. The first-order valence-electron chi connectivity index (χ1n) is 10.8. The van der Waals surface area contributed by atoms with Crippen molar-refractivity contribution in [3.8, 4) is 22.9 Å². The van der Waals surface area contributed by atoms with Crippen LogP contribution in [0.3, 0.4) is 0 Å². The van der Waals surface area contributed by atoms with Gasteiger partial charge in [-0.25, -0.2) is 0 Å².